The molecule has 1 aliphatic heterocycles. The molecule has 2 aromatic rings. The van der Waals surface area contributed by atoms with E-state index in [2.05, 4.69) is 47.0 Å². The molecule has 3 rings (SSSR count). The van der Waals surface area contributed by atoms with Crippen molar-refractivity contribution in [2.75, 3.05) is 18.0 Å². The molecule has 0 bridgehead atoms. The third kappa shape index (κ3) is 1.93. The number of rotatable bonds is 2. The van der Waals surface area contributed by atoms with Gasteiger partial charge in [-0.2, -0.15) is 0 Å². The summed E-state index contributed by atoms with van der Waals surface area (Å²) in [6.07, 6.45) is 4.71. The number of aryl methyl sites for hydroxylation is 1. The van der Waals surface area contributed by atoms with E-state index in [9.17, 15) is 0 Å². The van der Waals surface area contributed by atoms with E-state index in [0.29, 0.717) is 0 Å². The lowest BCUT2D eigenvalue weighted by molar-refractivity contribution is 0.918. The van der Waals surface area contributed by atoms with E-state index in [1.807, 2.05) is 6.07 Å². The Morgan fingerprint density at radius 2 is 1.76 bits per heavy atom. The van der Waals surface area contributed by atoms with Crippen molar-refractivity contribution in [1.29, 1.82) is 0 Å². The number of benzene rings is 1. The minimum Gasteiger partial charge on any atom is -0.355 e. The topological polar surface area (TPSA) is 21.1 Å². The standard InChI is InChI=1S/C14H17N3/c1-16-11-13(17-9-5-6-10-17)15-14(16)12-7-3-2-4-8-12/h2-4,7-8,11H,5-6,9-10H2,1H3. The van der Waals surface area contributed by atoms with Crippen LogP contribution in [0.4, 0.5) is 5.82 Å². The Hall–Kier alpha value is -1.77. The Morgan fingerprint density at radius 3 is 2.47 bits per heavy atom. The van der Waals surface area contributed by atoms with Crippen molar-refractivity contribution in [2.24, 2.45) is 7.05 Å². The Labute approximate surface area is 102 Å². The van der Waals surface area contributed by atoms with Gasteiger partial charge in [-0.05, 0) is 12.8 Å². The van der Waals surface area contributed by atoms with Gasteiger partial charge in [0, 0.05) is 31.9 Å². The van der Waals surface area contributed by atoms with E-state index in [-0.39, 0.29) is 0 Å². The lowest BCUT2D eigenvalue weighted by atomic mass is 10.2. The van der Waals surface area contributed by atoms with Crippen molar-refractivity contribution in [3.05, 3.63) is 36.5 Å². The van der Waals surface area contributed by atoms with E-state index < -0.39 is 0 Å². The summed E-state index contributed by atoms with van der Waals surface area (Å²) in [7, 11) is 2.06. The van der Waals surface area contributed by atoms with Gasteiger partial charge in [0.1, 0.15) is 11.6 Å². The molecule has 88 valence electrons. The van der Waals surface area contributed by atoms with Crippen molar-refractivity contribution in [1.82, 2.24) is 9.55 Å². The molecular formula is C14H17N3. The fraction of sp³-hybridized carbons (Fsp3) is 0.357. The van der Waals surface area contributed by atoms with Crippen molar-refractivity contribution in [3.63, 3.8) is 0 Å². The average Bonchev–Trinajstić information content (AvgIpc) is 2.99. The van der Waals surface area contributed by atoms with Crippen LogP contribution < -0.4 is 4.90 Å². The Morgan fingerprint density at radius 1 is 1.06 bits per heavy atom. The summed E-state index contributed by atoms with van der Waals surface area (Å²) in [5, 5.41) is 0. The van der Waals surface area contributed by atoms with Crippen LogP contribution in [0.1, 0.15) is 12.8 Å². The Balaban J connectivity index is 1.96. The second-order valence-electron chi connectivity index (χ2n) is 4.59. The summed E-state index contributed by atoms with van der Waals surface area (Å²) < 4.78 is 2.11. The molecule has 0 radical (unpaired) electrons. The third-order valence-corrected chi connectivity index (χ3v) is 3.33. The van der Waals surface area contributed by atoms with Crippen LogP contribution in [0.3, 0.4) is 0 Å². The number of imidazole rings is 1. The molecule has 1 aromatic carbocycles. The quantitative estimate of drug-likeness (QED) is 0.786. The molecule has 0 N–H and O–H groups in total. The first kappa shape index (κ1) is 10.4. The first-order chi connectivity index (χ1) is 8.34. The number of hydrogen-bond donors (Lipinski definition) is 0. The molecule has 1 aliphatic rings. The summed E-state index contributed by atoms with van der Waals surface area (Å²) in [4.78, 5) is 7.12. The molecule has 0 amide bonds. The zero-order valence-corrected chi connectivity index (χ0v) is 10.1. The summed E-state index contributed by atoms with van der Waals surface area (Å²) in [6, 6.07) is 10.4. The largest absolute Gasteiger partial charge is 0.355 e. The van der Waals surface area contributed by atoms with E-state index in [4.69, 9.17) is 4.98 Å². The first-order valence-electron chi connectivity index (χ1n) is 6.18. The average molecular weight is 227 g/mol. The number of nitrogens with zero attached hydrogens (tertiary/aromatic N) is 3. The molecule has 1 fully saturated rings. The van der Waals surface area contributed by atoms with E-state index in [0.717, 1.165) is 24.7 Å². The van der Waals surface area contributed by atoms with Gasteiger partial charge >= 0.3 is 0 Å². The molecule has 3 heteroatoms. The molecule has 3 nitrogen and oxygen atoms in total. The van der Waals surface area contributed by atoms with Crippen molar-refractivity contribution in [2.45, 2.75) is 12.8 Å². The van der Waals surface area contributed by atoms with Gasteiger partial charge in [0.2, 0.25) is 0 Å². The SMILES string of the molecule is Cn1cc(N2CCCC2)nc1-c1ccccc1. The van der Waals surface area contributed by atoms with Gasteiger partial charge in [-0.3, -0.25) is 0 Å². The molecule has 0 spiro atoms. The van der Waals surface area contributed by atoms with Gasteiger partial charge in [0.15, 0.2) is 0 Å². The van der Waals surface area contributed by atoms with Crippen LogP contribution in [0.2, 0.25) is 0 Å². The summed E-state index contributed by atoms with van der Waals surface area (Å²) in [5.41, 5.74) is 1.18. The third-order valence-electron chi connectivity index (χ3n) is 3.33. The smallest absolute Gasteiger partial charge is 0.147 e. The zero-order chi connectivity index (χ0) is 11.7. The molecule has 1 aromatic heterocycles. The van der Waals surface area contributed by atoms with E-state index >= 15 is 0 Å². The minimum absolute atomic E-state index is 1.05. The van der Waals surface area contributed by atoms with Crippen LogP contribution in [-0.2, 0) is 7.05 Å². The van der Waals surface area contributed by atoms with Gasteiger partial charge in [-0.25, -0.2) is 4.98 Å². The minimum atomic E-state index is 1.05. The highest BCUT2D eigenvalue weighted by Crippen LogP contribution is 2.24. The Bertz CT molecular complexity index is 495. The van der Waals surface area contributed by atoms with Crippen molar-refractivity contribution in [3.8, 4) is 11.4 Å². The number of aromatic nitrogens is 2. The molecule has 0 unspecified atom stereocenters. The maximum absolute atomic E-state index is 4.75. The molecule has 0 aliphatic carbocycles. The fourth-order valence-electron chi connectivity index (χ4n) is 2.40. The molecule has 2 heterocycles. The Kier molecular flexibility index (Phi) is 2.59. The fourth-order valence-corrected chi connectivity index (χ4v) is 2.40. The highest BCUT2D eigenvalue weighted by atomic mass is 15.2. The highest BCUT2D eigenvalue weighted by Gasteiger charge is 2.16. The highest BCUT2D eigenvalue weighted by molar-refractivity contribution is 5.59. The van der Waals surface area contributed by atoms with Crippen LogP contribution in [0, 0.1) is 0 Å². The lowest BCUT2D eigenvalue weighted by Crippen LogP contribution is -2.17. The second kappa shape index (κ2) is 4.24. The van der Waals surface area contributed by atoms with Gasteiger partial charge in [-0.15, -0.1) is 0 Å². The normalized spacial score (nSPS) is 15.5. The van der Waals surface area contributed by atoms with Gasteiger partial charge in [-0.1, -0.05) is 30.3 Å². The van der Waals surface area contributed by atoms with Gasteiger partial charge in [0.05, 0.1) is 0 Å². The molecular weight excluding hydrogens is 210 g/mol. The number of anilines is 1. The molecule has 0 saturated carbocycles. The van der Waals surface area contributed by atoms with E-state index in [1.165, 1.54) is 18.4 Å². The monoisotopic (exact) mass is 227 g/mol. The summed E-state index contributed by atoms with van der Waals surface area (Å²) >= 11 is 0. The van der Waals surface area contributed by atoms with Crippen LogP contribution in [0.25, 0.3) is 11.4 Å². The van der Waals surface area contributed by atoms with E-state index in [1.54, 1.807) is 0 Å². The lowest BCUT2D eigenvalue weighted by Gasteiger charge is -2.12. The zero-order valence-electron chi connectivity index (χ0n) is 10.1. The summed E-state index contributed by atoms with van der Waals surface area (Å²) in [6.45, 7) is 2.29. The number of hydrogen-bond acceptors (Lipinski definition) is 2. The predicted octanol–water partition coefficient (Wildman–Crippen LogP) is 2.69. The van der Waals surface area contributed by atoms with Crippen LogP contribution in [0.5, 0.6) is 0 Å². The van der Waals surface area contributed by atoms with Crippen LogP contribution >= 0.6 is 0 Å². The predicted molar refractivity (Wildman–Crippen MR) is 70.1 cm³/mol. The van der Waals surface area contributed by atoms with Crippen LogP contribution in [-0.4, -0.2) is 22.6 Å². The second-order valence-corrected chi connectivity index (χ2v) is 4.59. The summed E-state index contributed by atoms with van der Waals surface area (Å²) in [5.74, 6) is 2.16. The van der Waals surface area contributed by atoms with Crippen molar-refractivity contribution >= 4 is 5.82 Å². The van der Waals surface area contributed by atoms with Crippen LogP contribution in [0.15, 0.2) is 36.5 Å². The van der Waals surface area contributed by atoms with Gasteiger partial charge in [0.25, 0.3) is 0 Å². The van der Waals surface area contributed by atoms with Gasteiger partial charge < -0.3 is 9.47 Å². The molecule has 0 atom stereocenters. The first-order valence-corrected chi connectivity index (χ1v) is 6.18. The maximum Gasteiger partial charge on any atom is 0.147 e. The molecule has 1 saturated heterocycles. The van der Waals surface area contributed by atoms with Crippen molar-refractivity contribution < 1.29 is 0 Å². The maximum atomic E-state index is 4.75. The molecule has 17 heavy (non-hydrogen) atoms.